The number of hydrogen-bond donors (Lipinski definition) is 0. The van der Waals surface area contributed by atoms with E-state index in [-0.39, 0.29) is 23.2 Å². The van der Waals surface area contributed by atoms with Gasteiger partial charge in [-0.15, -0.1) is 11.8 Å². The second-order valence-corrected chi connectivity index (χ2v) is 8.86. The summed E-state index contributed by atoms with van der Waals surface area (Å²) in [5, 5.41) is 11.8. The lowest BCUT2D eigenvalue weighted by Gasteiger charge is -2.32. The molecule has 2 aliphatic heterocycles. The van der Waals surface area contributed by atoms with E-state index in [9.17, 15) is 14.9 Å². The van der Waals surface area contributed by atoms with Crippen LogP contribution in [0.3, 0.4) is 0 Å². The minimum absolute atomic E-state index is 0.0299. The van der Waals surface area contributed by atoms with Gasteiger partial charge in [0.05, 0.1) is 6.10 Å². The van der Waals surface area contributed by atoms with Crippen molar-refractivity contribution in [3.8, 4) is 0 Å². The molecule has 0 spiro atoms. The first-order valence-electron chi connectivity index (χ1n) is 10.3. The van der Waals surface area contributed by atoms with Gasteiger partial charge in [0, 0.05) is 29.4 Å². The van der Waals surface area contributed by atoms with Crippen LogP contribution in [0.4, 0.5) is 0 Å². The fourth-order valence-corrected chi connectivity index (χ4v) is 5.09. The Balaban J connectivity index is 1.78. The average molecular weight is 384 g/mol. The normalized spacial score (nSPS) is 25.3. The zero-order chi connectivity index (χ0) is 18.8. The van der Waals surface area contributed by atoms with Gasteiger partial charge >= 0.3 is 0 Å². The maximum atomic E-state index is 12.6. The molecule has 1 saturated carbocycles. The summed E-state index contributed by atoms with van der Waals surface area (Å²) in [6.45, 7) is 3.81. The Kier molecular flexibility index (Phi) is 9.97. The van der Waals surface area contributed by atoms with E-state index in [4.69, 9.17) is 4.74 Å². The number of Topliss-reactive ketones (excluding diaryl/α,β-unsaturated/α-hetero) is 1. The highest BCUT2D eigenvalue weighted by Gasteiger charge is 2.34. The molecule has 2 bridgehead atoms. The van der Waals surface area contributed by atoms with Crippen LogP contribution >= 0.6 is 11.8 Å². The Hall–Kier alpha value is -0.620. The molecule has 3 fully saturated rings. The van der Waals surface area contributed by atoms with Gasteiger partial charge in [-0.2, -0.15) is 0 Å². The summed E-state index contributed by atoms with van der Waals surface area (Å²) >= 11 is 1.58. The van der Waals surface area contributed by atoms with Gasteiger partial charge in [-0.25, -0.2) is 0 Å². The van der Waals surface area contributed by atoms with Gasteiger partial charge < -0.3 is 4.74 Å². The first kappa shape index (κ1) is 21.7. The molecule has 2 saturated heterocycles. The minimum Gasteiger partial charge on any atom is -0.350 e. The van der Waals surface area contributed by atoms with Crippen molar-refractivity contribution in [2.75, 3.05) is 0 Å². The maximum Gasteiger partial charge on any atom is 0.218 e. The third-order valence-electron chi connectivity index (χ3n) is 5.42. The molecular formula is C20H33NO4S. The number of rotatable bonds is 11. The van der Waals surface area contributed by atoms with Crippen molar-refractivity contribution < 1.29 is 14.5 Å². The molecule has 1 unspecified atom stereocenters. The molecule has 0 N–H and O–H groups in total. The topological polar surface area (TPSA) is 69.4 Å². The fraction of sp³-hybridized carbons (Fsp3) is 0.850. The van der Waals surface area contributed by atoms with Gasteiger partial charge in [0.1, 0.15) is 0 Å². The number of carbonyl (C=O) groups excluding carboxylic acids is 1. The zero-order valence-electron chi connectivity index (χ0n) is 15.8. The number of fused-ring (bicyclic) bond motifs is 6. The van der Waals surface area contributed by atoms with Crippen molar-refractivity contribution in [2.45, 2.75) is 107 Å². The summed E-state index contributed by atoms with van der Waals surface area (Å²) in [4.78, 5) is 23.7. The van der Waals surface area contributed by atoms with Gasteiger partial charge in [-0.05, 0) is 44.9 Å². The molecule has 2 heterocycles. The zero-order valence-corrected chi connectivity index (χ0v) is 16.6. The second kappa shape index (κ2) is 12.0. The Morgan fingerprint density at radius 2 is 1.85 bits per heavy atom. The first-order chi connectivity index (χ1) is 12.6. The number of carbonyl (C=O) groups is 1. The van der Waals surface area contributed by atoms with Gasteiger partial charge in [-0.3, -0.25) is 14.9 Å². The number of nitrogens with zero attached hydrogens (tertiary/aromatic N) is 1. The van der Waals surface area contributed by atoms with Gasteiger partial charge in [0.15, 0.2) is 5.78 Å². The van der Waals surface area contributed by atoms with Crippen LogP contribution in [-0.2, 0) is 9.53 Å². The van der Waals surface area contributed by atoms with E-state index in [1.165, 1.54) is 12.8 Å². The first-order valence-corrected chi connectivity index (χ1v) is 11.1. The van der Waals surface area contributed by atoms with E-state index in [1.807, 2.05) is 0 Å². The number of unbranched alkanes of at least 4 members (excludes halogenated alkanes) is 4. The summed E-state index contributed by atoms with van der Waals surface area (Å²) in [6, 6.07) is -0.614. The molecule has 26 heavy (non-hydrogen) atoms. The van der Waals surface area contributed by atoms with E-state index in [0.717, 1.165) is 57.8 Å². The highest BCUT2D eigenvalue weighted by Crippen LogP contribution is 2.40. The Bertz CT molecular complexity index is 422. The van der Waals surface area contributed by atoms with E-state index in [2.05, 4.69) is 6.92 Å². The van der Waals surface area contributed by atoms with E-state index < -0.39 is 6.04 Å². The molecule has 0 aromatic heterocycles. The van der Waals surface area contributed by atoms with E-state index in [0.29, 0.717) is 23.5 Å². The van der Waals surface area contributed by atoms with Crippen LogP contribution in [0.2, 0.25) is 0 Å². The van der Waals surface area contributed by atoms with Crippen molar-refractivity contribution >= 4 is 17.5 Å². The van der Waals surface area contributed by atoms with Crippen molar-refractivity contribution in [3.05, 3.63) is 22.5 Å². The van der Waals surface area contributed by atoms with Crippen molar-refractivity contribution in [2.24, 2.45) is 0 Å². The summed E-state index contributed by atoms with van der Waals surface area (Å²) in [5.41, 5.74) is 0.525. The van der Waals surface area contributed by atoms with Crippen LogP contribution in [0.5, 0.6) is 0 Å². The number of ketones is 1. The summed E-state index contributed by atoms with van der Waals surface area (Å²) in [6.07, 6.45) is 12.9. The molecule has 0 amide bonds. The lowest BCUT2D eigenvalue weighted by Crippen LogP contribution is -2.29. The molecule has 6 heteroatoms. The molecular weight excluding hydrogens is 350 g/mol. The smallest absolute Gasteiger partial charge is 0.218 e. The molecule has 5 nitrogen and oxygen atoms in total. The molecule has 1 atom stereocenters. The number of hydrogen-bond acceptors (Lipinski definition) is 5. The highest BCUT2D eigenvalue weighted by atomic mass is 32.2. The van der Waals surface area contributed by atoms with E-state index >= 15 is 0 Å². The van der Waals surface area contributed by atoms with Crippen LogP contribution < -0.4 is 0 Å². The van der Waals surface area contributed by atoms with Crippen LogP contribution in [0.15, 0.2) is 0 Å². The predicted octanol–water partition coefficient (Wildman–Crippen LogP) is 5.50. The van der Waals surface area contributed by atoms with Crippen LogP contribution in [0, 0.1) is 22.5 Å². The third kappa shape index (κ3) is 7.55. The summed E-state index contributed by atoms with van der Waals surface area (Å²) < 4.78 is 6.00. The van der Waals surface area contributed by atoms with Crippen molar-refractivity contribution in [3.63, 3.8) is 0 Å². The van der Waals surface area contributed by atoms with E-state index in [1.54, 1.807) is 11.8 Å². The molecule has 2 radical (unpaired) electrons. The largest absolute Gasteiger partial charge is 0.350 e. The molecule has 1 aliphatic carbocycles. The SMILES string of the molecule is [CH2]CCCCCCC(CCC(=O)[C]1OC2CCCC(CCC2)S1)[N+](=O)[O-]. The average Bonchev–Trinajstić information content (AvgIpc) is 2.55. The molecule has 3 rings (SSSR count). The van der Waals surface area contributed by atoms with Crippen LogP contribution in [-0.4, -0.2) is 28.1 Å². The van der Waals surface area contributed by atoms with Gasteiger partial charge in [0.2, 0.25) is 11.5 Å². The quantitative estimate of drug-likeness (QED) is 0.268. The number of thioether (sulfide) groups is 1. The van der Waals surface area contributed by atoms with Crippen LogP contribution in [0.25, 0.3) is 0 Å². The Morgan fingerprint density at radius 1 is 1.15 bits per heavy atom. The monoisotopic (exact) mass is 383 g/mol. The Labute approximate surface area is 162 Å². The van der Waals surface area contributed by atoms with Gasteiger partial charge in [0.25, 0.3) is 0 Å². The standard InChI is InChI=1S/C20H33NO4S/c1-2-3-4-5-6-9-16(21(23)24)14-15-19(22)20-25-17-10-7-12-18(26-20)13-8-11-17/h16-18H,1-15H2. The number of nitro groups is 1. The fourth-order valence-electron chi connectivity index (χ4n) is 3.80. The molecule has 0 aromatic carbocycles. The highest BCUT2D eigenvalue weighted by molar-refractivity contribution is 8.03. The second-order valence-electron chi connectivity index (χ2n) is 7.59. The predicted molar refractivity (Wildman–Crippen MR) is 105 cm³/mol. The maximum absolute atomic E-state index is 12.6. The van der Waals surface area contributed by atoms with Crippen molar-refractivity contribution in [1.29, 1.82) is 0 Å². The summed E-state index contributed by atoms with van der Waals surface area (Å²) in [5.74, 6) is -0.0299. The summed E-state index contributed by atoms with van der Waals surface area (Å²) in [7, 11) is 0. The molecule has 148 valence electrons. The lowest BCUT2D eigenvalue weighted by molar-refractivity contribution is -0.524. The Morgan fingerprint density at radius 3 is 2.50 bits per heavy atom. The molecule has 3 aliphatic rings. The van der Waals surface area contributed by atoms with Crippen LogP contribution in [0.1, 0.15) is 89.9 Å². The van der Waals surface area contributed by atoms with Gasteiger partial charge in [-0.1, -0.05) is 32.6 Å². The third-order valence-corrected chi connectivity index (χ3v) is 6.76. The number of ether oxygens (including phenoxy) is 1. The lowest BCUT2D eigenvalue weighted by atomic mass is 9.98. The van der Waals surface area contributed by atoms with Crippen molar-refractivity contribution in [1.82, 2.24) is 0 Å². The minimum atomic E-state index is -0.614. The molecule has 0 aromatic rings.